The molecule has 3 nitrogen and oxygen atoms in total. The van der Waals surface area contributed by atoms with Crippen LogP contribution in [0.2, 0.25) is 0 Å². The summed E-state index contributed by atoms with van der Waals surface area (Å²) in [6, 6.07) is 1.44. The molecular formula is C14H26N2O. The third kappa shape index (κ3) is 2.67. The van der Waals surface area contributed by atoms with Gasteiger partial charge in [-0.05, 0) is 44.9 Å². The van der Waals surface area contributed by atoms with Crippen LogP contribution < -0.4 is 5.32 Å². The standard InChI is InChI=1S/C14H26N2O/c1-11(14-3-2-8-17-14)15-6-7-16-10-12-4-5-13(16)9-12/h11-15H,2-10H2,1H3. The SMILES string of the molecule is CC(NCCN1CC2CCC1C2)C1CCCO1. The van der Waals surface area contributed by atoms with Gasteiger partial charge in [0, 0.05) is 38.3 Å². The van der Waals surface area contributed by atoms with Crippen LogP contribution in [-0.2, 0) is 4.74 Å². The molecule has 2 aliphatic heterocycles. The van der Waals surface area contributed by atoms with E-state index in [0.29, 0.717) is 12.1 Å². The van der Waals surface area contributed by atoms with E-state index in [2.05, 4.69) is 17.1 Å². The Morgan fingerprint density at radius 2 is 2.29 bits per heavy atom. The van der Waals surface area contributed by atoms with Crippen molar-refractivity contribution in [1.82, 2.24) is 10.2 Å². The van der Waals surface area contributed by atoms with Gasteiger partial charge in [-0.2, -0.15) is 0 Å². The summed E-state index contributed by atoms with van der Waals surface area (Å²) in [7, 11) is 0. The molecular weight excluding hydrogens is 212 g/mol. The van der Waals surface area contributed by atoms with E-state index in [4.69, 9.17) is 4.74 Å². The van der Waals surface area contributed by atoms with Crippen molar-refractivity contribution in [3.63, 3.8) is 0 Å². The van der Waals surface area contributed by atoms with E-state index in [-0.39, 0.29) is 0 Å². The number of likely N-dealkylation sites (tertiary alicyclic amines) is 1. The zero-order valence-corrected chi connectivity index (χ0v) is 11.0. The fraction of sp³-hybridized carbons (Fsp3) is 1.00. The van der Waals surface area contributed by atoms with E-state index < -0.39 is 0 Å². The number of nitrogens with zero attached hydrogens (tertiary/aromatic N) is 1. The Labute approximate surface area is 105 Å². The zero-order chi connectivity index (χ0) is 11.7. The average molecular weight is 238 g/mol. The Morgan fingerprint density at radius 3 is 2.94 bits per heavy atom. The highest BCUT2D eigenvalue weighted by atomic mass is 16.5. The van der Waals surface area contributed by atoms with Crippen molar-refractivity contribution in [2.24, 2.45) is 5.92 Å². The Morgan fingerprint density at radius 1 is 1.35 bits per heavy atom. The van der Waals surface area contributed by atoms with Crippen LogP contribution in [0.3, 0.4) is 0 Å². The van der Waals surface area contributed by atoms with Gasteiger partial charge in [-0.3, -0.25) is 4.90 Å². The molecule has 0 amide bonds. The van der Waals surface area contributed by atoms with Gasteiger partial charge in [0.05, 0.1) is 6.10 Å². The fourth-order valence-electron chi connectivity index (χ4n) is 3.86. The number of ether oxygens (including phenoxy) is 1. The van der Waals surface area contributed by atoms with Gasteiger partial charge < -0.3 is 10.1 Å². The molecule has 4 unspecified atom stereocenters. The van der Waals surface area contributed by atoms with Crippen molar-refractivity contribution >= 4 is 0 Å². The minimum atomic E-state index is 0.463. The number of piperidine rings is 1. The lowest BCUT2D eigenvalue weighted by Crippen LogP contribution is -2.43. The molecule has 3 rings (SSSR count). The van der Waals surface area contributed by atoms with Crippen LogP contribution >= 0.6 is 0 Å². The quantitative estimate of drug-likeness (QED) is 0.788. The lowest BCUT2D eigenvalue weighted by Gasteiger charge is -2.28. The lowest BCUT2D eigenvalue weighted by atomic mass is 10.1. The van der Waals surface area contributed by atoms with E-state index in [9.17, 15) is 0 Å². The second kappa shape index (κ2) is 5.25. The summed E-state index contributed by atoms with van der Waals surface area (Å²) >= 11 is 0. The lowest BCUT2D eigenvalue weighted by molar-refractivity contribution is 0.0820. The topological polar surface area (TPSA) is 24.5 Å². The van der Waals surface area contributed by atoms with Gasteiger partial charge in [0.2, 0.25) is 0 Å². The second-order valence-corrected chi connectivity index (χ2v) is 6.12. The predicted octanol–water partition coefficient (Wildman–Crippen LogP) is 1.63. The Bertz CT molecular complexity index is 253. The van der Waals surface area contributed by atoms with Crippen molar-refractivity contribution in [3.05, 3.63) is 0 Å². The Hall–Kier alpha value is -0.120. The van der Waals surface area contributed by atoms with Crippen molar-refractivity contribution < 1.29 is 4.74 Å². The first kappa shape index (κ1) is 11.9. The van der Waals surface area contributed by atoms with Gasteiger partial charge >= 0.3 is 0 Å². The maximum absolute atomic E-state index is 5.71. The van der Waals surface area contributed by atoms with Gasteiger partial charge in [-0.15, -0.1) is 0 Å². The maximum Gasteiger partial charge on any atom is 0.0726 e. The number of rotatable bonds is 5. The normalized spacial score (nSPS) is 39.0. The molecule has 3 heteroatoms. The third-order valence-electron chi connectivity index (χ3n) is 4.91. The molecule has 1 saturated carbocycles. The van der Waals surface area contributed by atoms with Gasteiger partial charge in [0.1, 0.15) is 0 Å². The summed E-state index contributed by atoms with van der Waals surface area (Å²) < 4.78 is 5.71. The van der Waals surface area contributed by atoms with Crippen LogP contribution in [0.25, 0.3) is 0 Å². The molecule has 0 aromatic carbocycles. The third-order valence-corrected chi connectivity index (χ3v) is 4.91. The summed E-state index contributed by atoms with van der Waals surface area (Å²) in [6.07, 6.45) is 7.36. The highest BCUT2D eigenvalue weighted by Crippen LogP contribution is 2.36. The van der Waals surface area contributed by atoms with Crippen molar-refractivity contribution in [3.8, 4) is 0 Å². The van der Waals surface area contributed by atoms with Gasteiger partial charge in [0.15, 0.2) is 0 Å². The number of nitrogens with one attached hydrogen (secondary N) is 1. The molecule has 98 valence electrons. The predicted molar refractivity (Wildman–Crippen MR) is 69.1 cm³/mol. The number of fused-ring (bicyclic) bond motifs is 2. The minimum absolute atomic E-state index is 0.463. The Kier molecular flexibility index (Phi) is 3.69. The van der Waals surface area contributed by atoms with Gasteiger partial charge in [-0.25, -0.2) is 0 Å². The first-order valence-corrected chi connectivity index (χ1v) is 7.42. The fourth-order valence-corrected chi connectivity index (χ4v) is 3.86. The molecule has 2 saturated heterocycles. The van der Waals surface area contributed by atoms with Crippen LogP contribution in [0, 0.1) is 5.92 Å². The molecule has 2 bridgehead atoms. The summed E-state index contributed by atoms with van der Waals surface area (Å²) in [6.45, 7) is 6.96. The van der Waals surface area contributed by atoms with E-state index >= 15 is 0 Å². The van der Waals surface area contributed by atoms with Gasteiger partial charge in [-0.1, -0.05) is 0 Å². The first-order valence-electron chi connectivity index (χ1n) is 7.42. The number of hydrogen-bond donors (Lipinski definition) is 1. The van der Waals surface area contributed by atoms with Crippen LogP contribution in [0.1, 0.15) is 39.0 Å². The monoisotopic (exact) mass is 238 g/mol. The molecule has 17 heavy (non-hydrogen) atoms. The highest BCUT2D eigenvalue weighted by Gasteiger charge is 2.37. The minimum Gasteiger partial charge on any atom is -0.377 e. The summed E-state index contributed by atoms with van der Waals surface area (Å²) in [5.41, 5.74) is 0. The van der Waals surface area contributed by atoms with Crippen molar-refractivity contribution in [2.75, 3.05) is 26.2 Å². The molecule has 0 spiro atoms. The molecule has 2 heterocycles. The molecule has 1 aliphatic carbocycles. The summed E-state index contributed by atoms with van der Waals surface area (Å²) in [5, 5.41) is 3.64. The van der Waals surface area contributed by atoms with Crippen LogP contribution in [0.4, 0.5) is 0 Å². The van der Waals surface area contributed by atoms with Crippen LogP contribution in [0.5, 0.6) is 0 Å². The molecule has 3 fully saturated rings. The van der Waals surface area contributed by atoms with Crippen molar-refractivity contribution in [2.45, 2.75) is 57.2 Å². The first-order chi connectivity index (χ1) is 8.33. The van der Waals surface area contributed by atoms with Crippen molar-refractivity contribution in [1.29, 1.82) is 0 Å². The zero-order valence-electron chi connectivity index (χ0n) is 11.0. The van der Waals surface area contributed by atoms with E-state index in [1.165, 1.54) is 45.2 Å². The molecule has 0 radical (unpaired) electrons. The summed E-state index contributed by atoms with van der Waals surface area (Å²) in [4.78, 5) is 2.70. The van der Waals surface area contributed by atoms with E-state index in [0.717, 1.165) is 25.1 Å². The number of hydrogen-bond acceptors (Lipinski definition) is 3. The van der Waals surface area contributed by atoms with E-state index in [1.807, 2.05) is 0 Å². The second-order valence-electron chi connectivity index (χ2n) is 6.12. The molecule has 1 N–H and O–H groups in total. The highest BCUT2D eigenvalue weighted by molar-refractivity contribution is 4.92. The molecule has 0 aromatic rings. The average Bonchev–Trinajstić information content (AvgIpc) is 3.06. The smallest absolute Gasteiger partial charge is 0.0726 e. The van der Waals surface area contributed by atoms with Crippen LogP contribution in [0.15, 0.2) is 0 Å². The molecule has 4 atom stereocenters. The molecule has 3 aliphatic rings. The van der Waals surface area contributed by atoms with Gasteiger partial charge in [0.25, 0.3) is 0 Å². The summed E-state index contributed by atoms with van der Waals surface area (Å²) in [5.74, 6) is 1.02. The molecule has 0 aromatic heterocycles. The largest absolute Gasteiger partial charge is 0.377 e. The van der Waals surface area contributed by atoms with Crippen LogP contribution in [-0.4, -0.2) is 49.3 Å². The van der Waals surface area contributed by atoms with E-state index in [1.54, 1.807) is 0 Å². The Balaban J connectivity index is 1.34. The maximum atomic E-state index is 5.71.